The SMILES string of the molecule is CC/C=C\C/C=C\C/C=C\C/C=C\C/C=C\CCCCCC(=O)O[C@H](COC(=O)CCC[C@@H](O)[C@H](O)/C=C/C=C/C=C\C=C\[C@H](O)CCCCC)COP(=O)(O)O[C@H]1C(O)C(O)C(O)[C@@H](OP(=O)(O)O)C1O. The van der Waals surface area contributed by atoms with Crippen LogP contribution in [0, 0.1) is 0 Å². The summed E-state index contributed by atoms with van der Waals surface area (Å²) in [4.78, 5) is 54.4. The van der Waals surface area contributed by atoms with Crippen molar-refractivity contribution in [2.75, 3.05) is 13.2 Å². The van der Waals surface area contributed by atoms with Crippen LogP contribution in [0.1, 0.15) is 123 Å². The predicted octanol–water partition coefficient (Wildman–Crippen LogP) is 6.64. The topological polar surface area (TPSA) is 317 Å². The maximum absolute atomic E-state index is 13.0. The Morgan fingerprint density at radius 1 is 0.556 bits per heavy atom. The van der Waals surface area contributed by atoms with E-state index in [1.807, 2.05) is 0 Å². The molecule has 0 spiro atoms. The molecule has 1 fully saturated rings. The summed E-state index contributed by atoms with van der Waals surface area (Å²) in [7, 11) is -10.8. The number of hydrogen-bond donors (Lipinski definition) is 10. The van der Waals surface area contributed by atoms with E-state index in [4.69, 9.17) is 18.5 Å². The Morgan fingerprint density at radius 2 is 1.10 bits per heavy atom. The number of ether oxygens (including phenoxy) is 2. The van der Waals surface area contributed by atoms with Crippen molar-refractivity contribution < 1.29 is 92.2 Å². The molecule has 0 aromatic heterocycles. The van der Waals surface area contributed by atoms with Gasteiger partial charge in [-0.2, -0.15) is 0 Å². The highest BCUT2D eigenvalue weighted by atomic mass is 31.2. The molecule has 0 radical (unpaired) electrons. The number of aliphatic hydroxyl groups is 7. The summed E-state index contributed by atoms with van der Waals surface area (Å²) in [6.45, 7) is 2.56. The molecule has 19 nitrogen and oxygen atoms in total. The van der Waals surface area contributed by atoms with Crippen molar-refractivity contribution in [3.05, 3.63) is 109 Å². The van der Waals surface area contributed by atoms with Crippen LogP contribution in [-0.2, 0) is 41.8 Å². The van der Waals surface area contributed by atoms with E-state index in [-0.39, 0.29) is 25.7 Å². The number of esters is 2. The molecule has 0 heterocycles. The quantitative estimate of drug-likeness (QED) is 0.0101. The minimum atomic E-state index is -5.41. The number of phosphoric acid groups is 2. The van der Waals surface area contributed by atoms with Crippen LogP contribution >= 0.6 is 15.6 Å². The number of phosphoric ester groups is 2. The van der Waals surface area contributed by atoms with Gasteiger partial charge in [0, 0.05) is 12.8 Å². The van der Waals surface area contributed by atoms with Gasteiger partial charge in [-0.3, -0.25) is 23.2 Å². The van der Waals surface area contributed by atoms with E-state index in [1.54, 1.807) is 36.5 Å². The standard InChI is InChI=1S/C51H82O19P2/c1-3-5-7-8-9-10-11-12-13-14-15-16-17-18-19-20-21-26-30-36-45(56)68-41(39-67-72(64,65)70-51-48(59)46(57)47(58)50(49(51)60)69-71(61,62)63)38-66-44(55)37-31-35-43(54)42(53)34-29-25-23-22-24-28-33-40(52)32-27-6-4-2/h5,7,9-10,12-13,15-16,18-19,22-25,28-29,33-34,40-43,46-54,57-60H,3-4,6,8,11,14,17,20-21,26-27,30-32,35-39H2,1-2H3,(H,64,65)(H2,61,62,63)/b7-5-,10-9-,13-12-,16-15-,19-18-,24-22-,25-23+,33-28+,34-29+/t40-,41-,42-,43-,46?,47?,48?,49?,50-,51+/m1/s1. The van der Waals surface area contributed by atoms with Gasteiger partial charge in [-0.05, 0) is 70.6 Å². The average molecular weight is 1060 g/mol. The second-order valence-corrected chi connectivity index (χ2v) is 19.6. The zero-order valence-electron chi connectivity index (χ0n) is 41.6. The highest BCUT2D eigenvalue weighted by Crippen LogP contribution is 2.49. The fourth-order valence-corrected chi connectivity index (χ4v) is 8.27. The summed E-state index contributed by atoms with van der Waals surface area (Å²) in [5, 5.41) is 71.9. The minimum Gasteiger partial charge on any atom is -0.462 e. The lowest BCUT2D eigenvalue weighted by atomic mass is 9.85. The van der Waals surface area contributed by atoms with Gasteiger partial charge >= 0.3 is 27.6 Å². The number of hydrogen-bond acceptors (Lipinski definition) is 16. The molecule has 1 rings (SSSR count). The molecule has 1 aliphatic rings. The summed E-state index contributed by atoms with van der Waals surface area (Å²) < 4.78 is 49.2. The number of unbranched alkanes of at least 4 members (excludes halogenated alkanes) is 5. The molecule has 21 heteroatoms. The van der Waals surface area contributed by atoms with Gasteiger partial charge in [0.2, 0.25) is 0 Å². The Hall–Kier alpha value is -3.46. The first-order valence-electron chi connectivity index (χ1n) is 24.8. The number of rotatable bonds is 39. The number of carbonyl (C=O) groups excluding carboxylic acids is 2. The van der Waals surface area contributed by atoms with E-state index in [0.717, 1.165) is 64.2 Å². The minimum absolute atomic E-state index is 0.00606. The molecule has 0 amide bonds. The van der Waals surface area contributed by atoms with Gasteiger partial charge < -0.3 is 59.9 Å². The Bertz CT molecular complexity index is 1850. The monoisotopic (exact) mass is 1060 g/mol. The number of aliphatic hydroxyl groups excluding tert-OH is 7. The second kappa shape index (κ2) is 39.9. The van der Waals surface area contributed by atoms with Crippen molar-refractivity contribution in [3.63, 3.8) is 0 Å². The summed E-state index contributed by atoms with van der Waals surface area (Å²) >= 11 is 0. The smallest absolute Gasteiger partial charge is 0.462 e. The molecule has 5 unspecified atom stereocenters. The summed E-state index contributed by atoms with van der Waals surface area (Å²) in [6.07, 6.45) is 26.7. The van der Waals surface area contributed by atoms with Gasteiger partial charge in [0.15, 0.2) is 6.10 Å². The molecule has 0 bridgehead atoms. The van der Waals surface area contributed by atoms with Crippen LogP contribution in [0.25, 0.3) is 0 Å². The summed E-state index contributed by atoms with van der Waals surface area (Å²) in [6, 6.07) is 0. The third-order valence-corrected chi connectivity index (χ3v) is 12.2. The van der Waals surface area contributed by atoms with Crippen molar-refractivity contribution in [3.8, 4) is 0 Å². The van der Waals surface area contributed by atoms with Gasteiger partial charge in [0.05, 0.1) is 24.9 Å². The van der Waals surface area contributed by atoms with Crippen molar-refractivity contribution in [2.45, 2.75) is 184 Å². The van der Waals surface area contributed by atoms with Gasteiger partial charge in [0.25, 0.3) is 0 Å². The maximum atomic E-state index is 13.0. The van der Waals surface area contributed by atoms with Crippen LogP contribution in [0.3, 0.4) is 0 Å². The van der Waals surface area contributed by atoms with Crippen LogP contribution in [0.4, 0.5) is 0 Å². The summed E-state index contributed by atoms with van der Waals surface area (Å²) in [5.41, 5.74) is 0. The Morgan fingerprint density at radius 3 is 1.68 bits per heavy atom. The third-order valence-electron chi connectivity index (χ3n) is 10.7. The maximum Gasteiger partial charge on any atom is 0.472 e. The van der Waals surface area contributed by atoms with E-state index in [2.05, 4.69) is 79.1 Å². The lowest BCUT2D eigenvalue weighted by Crippen LogP contribution is -2.64. The number of carbonyl (C=O) groups is 2. The van der Waals surface area contributed by atoms with Crippen LogP contribution in [-0.4, -0.2) is 137 Å². The second-order valence-electron chi connectivity index (χ2n) is 17.0. The lowest BCUT2D eigenvalue weighted by molar-refractivity contribution is -0.216. The highest BCUT2D eigenvalue weighted by Gasteiger charge is 2.54. The van der Waals surface area contributed by atoms with Crippen LogP contribution < -0.4 is 0 Å². The molecule has 410 valence electrons. The van der Waals surface area contributed by atoms with Gasteiger partial charge in [0.1, 0.15) is 43.2 Å². The zero-order chi connectivity index (χ0) is 53.6. The van der Waals surface area contributed by atoms with Crippen molar-refractivity contribution in [1.82, 2.24) is 0 Å². The normalized spacial score (nSPS) is 23.0. The van der Waals surface area contributed by atoms with E-state index < -0.39 is 102 Å². The molecule has 0 aliphatic heterocycles. The Labute approximate surface area is 425 Å². The van der Waals surface area contributed by atoms with Crippen LogP contribution in [0.5, 0.6) is 0 Å². The molecule has 1 aliphatic carbocycles. The van der Waals surface area contributed by atoms with Gasteiger partial charge in [-0.15, -0.1) is 0 Å². The number of allylic oxidation sites excluding steroid dienone is 16. The first kappa shape index (κ1) is 66.6. The van der Waals surface area contributed by atoms with Crippen LogP contribution in [0.15, 0.2) is 109 Å². The average Bonchev–Trinajstić information content (AvgIpc) is 3.33. The van der Waals surface area contributed by atoms with Crippen molar-refractivity contribution in [2.24, 2.45) is 0 Å². The molecule has 1 saturated carbocycles. The van der Waals surface area contributed by atoms with Crippen molar-refractivity contribution >= 4 is 27.6 Å². The highest BCUT2D eigenvalue weighted by molar-refractivity contribution is 7.47. The Balaban J connectivity index is 2.74. The van der Waals surface area contributed by atoms with Crippen LogP contribution in [0.2, 0.25) is 0 Å². The first-order chi connectivity index (χ1) is 34.3. The molecule has 0 saturated heterocycles. The molecule has 0 aromatic rings. The van der Waals surface area contributed by atoms with E-state index in [1.165, 1.54) is 12.2 Å². The van der Waals surface area contributed by atoms with E-state index >= 15 is 0 Å². The predicted molar refractivity (Wildman–Crippen MR) is 273 cm³/mol. The lowest BCUT2D eigenvalue weighted by Gasteiger charge is -2.43. The molecule has 10 N–H and O–H groups in total. The third kappa shape index (κ3) is 33.4. The molecule has 0 aromatic carbocycles. The van der Waals surface area contributed by atoms with Gasteiger partial charge in [-0.1, -0.05) is 149 Å². The fraction of sp³-hybridized carbons (Fsp3) is 0.608. The fourth-order valence-electron chi connectivity index (χ4n) is 6.73. The van der Waals surface area contributed by atoms with E-state index in [9.17, 15) is 69.1 Å². The zero-order valence-corrected chi connectivity index (χ0v) is 43.4. The Kier molecular flexibility index (Phi) is 36.9. The molecular weight excluding hydrogens is 978 g/mol. The molecule has 72 heavy (non-hydrogen) atoms. The van der Waals surface area contributed by atoms with E-state index in [0.29, 0.717) is 19.3 Å². The molecule has 11 atom stereocenters. The van der Waals surface area contributed by atoms with Crippen molar-refractivity contribution in [1.29, 1.82) is 0 Å². The first-order valence-corrected chi connectivity index (χ1v) is 27.8. The molecular formula is C51H82O19P2. The largest absolute Gasteiger partial charge is 0.472 e. The van der Waals surface area contributed by atoms with Gasteiger partial charge in [-0.25, -0.2) is 9.13 Å². The summed E-state index contributed by atoms with van der Waals surface area (Å²) in [5.74, 6) is -1.59.